The standard InChI is InChI=1S/C14H26ClO/c15-13-11-9-7-5-3-1-2-4-6-8-10-12-14-16/h1-13H2. The summed E-state index contributed by atoms with van der Waals surface area (Å²) in [5, 5.41) is 0. The second-order valence-corrected chi connectivity index (χ2v) is 4.85. The smallest absolute Gasteiger partial charge is 0.198 e. The van der Waals surface area contributed by atoms with E-state index in [2.05, 4.69) is 0 Å². The highest BCUT2D eigenvalue weighted by atomic mass is 35.5. The van der Waals surface area contributed by atoms with Gasteiger partial charge in [-0.25, -0.2) is 0 Å². The quantitative estimate of drug-likeness (QED) is 0.329. The fraction of sp³-hybridized carbons (Fsp3) is 0.929. The molecule has 0 aromatic rings. The summed E-state index contributed by atoms with van der Waals surface area (Å²) in [5.41, 5.74) is 0. The van der Waals surface area contributed by atoms with Crippen molar-refractivity contribution >= 4 is 17.9 Å². The Morgan fingerprint density at radius 3 is 1.38 bits per heavy atom. The van der Waals surface area contributed by atoms with Gasteiger partial charge in [-0.3, -0.25) is 4.79 Å². The summed E-state index contributed by atoms with van der Waals surface area (Å²) in [6.45, 7) is 0. The number of hydrogen-bond acceptors (Lipinski definition) is 1. The van der Waals surface area contributed by atoms with Gasteiger partial charge in [0.2, 0.25) is 0 Å². The second-order valence-electron chi connectivity index (χ2n) is 4.47. The minimum Gasteiger partial charge on any atom is -0.291 e. The fourth-order valence-corrected chi connectivity index (χ4v) is 2.07. The molecule has 1 radical (unpaired) electrons. The summed E-state index contributed by atoms with van der Waals surface area (Å²) in [6, 6.07) is 0. The Hall–Kier alpha value is -0.0400. The van der Waals surface area contributed by atoms with E-state index in [1.807, 2.05) is 6.29 Å². The van der Waals surface area contributed by atoms with E-state index in [0.717, 1.165) is 12.3 Å². The zero-order valence-corrected chi connectivity index (χ0v) is 11.2. The third-order valence-electron chi connectivity index (χ3n) is 2.91. The van der Waals surface area contributed by atoms with Crippen LogP contribution in [0, 0.1) is 0 Å². The average molecular weight is 246 g/mol. The molecule has 2 heteroatoms. The van der Waals surface area contributed by atoms with E-state index in [1.165, 1.54) is 64.2 Å². The van der Waals surface area contributed by atoms with E-state index in [1.54, 1.807) is 0 Å². The summed E-state index contributed by atoms with van der Waals surface area (Å²) in [4.78, 5) is 9.95. The minimum atomic E-state index is 0.626. The monoisotopic (exact) mass is 245 g/mol. The van der Waals surface area contributed by atoms with Crippen molar-refractivity contribution in [3.8, 4) is 0 Å². The lowest BCUT2D eigenvalue weighted by Gasteiger charge is -2.01. The zero-order chi connectivity index (χ0) is 11.9. The lowest BCUT2D eigenvalue weighted by atomic mass is 10.1. The van der Waals surface area contributed by atoms with Gasteiger partial charge in [0, 0.05) is 12.3 Å². The van der Waals surface area contributed by atoms with Gasteiger partial charge < -0.3 is 0 Å². The first-order chi connectivity index (χ1) is 7.91. The van der Waals surface area contributed by atoms with Gasteiger partial charge in [-0.1, -0.05) is 57.8 Å². The van der Waals surface area contributed by atoms with Gasteiger partial charge in [-0.05, 0) is 12.8 Å². The molecule has 0 spiro atoms. The Morgan fingerprint density at radius 1 is 0.625 bits per heavy atom. The number of unbranched alkanes of at least 4 members (excludes halogenated alkanes) is 11. The van der Waals surface area contributed by atoms with E-state index < -0.39 is 0 Å². The molecule has 0 saturated heterocycles. The molecule has 0 N–H and O–H groups in total. The molecule has 0 saturated carbocycles. The molecule has 0 fully saturated rings. The van der Waals surface area contributed by atoms with E-state index >= 15 is 0 Å². The molecule has 0 rings (SSSR count). The molecule has 16 heavy (non-hydrogen) atoms. The van der Waals surface area contributed by atoms with Crippen LogP contribution in [-0.2, 0) is 4.79 Å². The summed E-state index contributed by atoms with van der Waals surface area (Å²) in [5.74, 6) is 0.818. The van der Waals surface area contributed by atoms with Crippen molar-refractivity contribution in [2.24, 2.45) is 0 Å². The molecule has 0 unspecified atom stereocenters. The largest absolute Gasteiger partial charge is 0.291 e. The van der Waals surface area contributed by atoms with Crippen LogP contribution in [0.3, 0.4) is 0 Å². The number of hydrogen-bond donors (Lipinski definition) is 0. The van der Waals surface area contributed by atoms with Crippen LogP contribution in [0.5, 0.6) is 0 Å². The first-order valence-electron chi connectivity index (χ1n) is 6.82. The highest BCUT2D eigenvalue weighted by Gasteiger charge is 1.93. The second kappa shape index (κ2) is 15.0. The van der Waals surface area contributed by atoms with E-state index in [9.17, 15) is 4.79 Å². The van der Waals surface area contributed by atoms with Crippen molar-refractivity contribution in [1.29, 1.82) is 0 Å². The van der Waals surface area contributed by atoms with Crippen LogP contribution in [0.25, 0.3) is 0 Å². The van der Waals surface area contributed by atoms with Crippen molar-refractivity contribution in [3.05, 3.63) is 0 Å². The zero-order valence-electron chi connectivity index (χ0n) is 10.5. The Bertz CT molecular complexity index is 137. The number of carbonyl (C=O) groups excluding carboxylic acids is 1. The highest BCUT2D eigenvalue weighted by Crippen LogP contribution is 2.11. The van der Waals surface area contributed by atoms with Crippen molar-refractivity contribution < 1.29 is 4.79 Å². The maximum Gasteiger partial charge on any atom is 0.198 e. The summed E-state index contributed by atoms with van der Waals surface area (Å²) < 4.78 is 0. The third-order valence-corrected chi connectivity index (χ3v) is 3.18. The first-order valence-corrected chi connectivity index (χ1v) is 7.36. The van der Waals surface area contributed by atoms with Crippen molar-refractivity contribution in [3.63, 3.8) is 0 Å². The molecule has 0 aliphatic heterocycles. The summed E-state index contributed by atoms with van der Waals surface area (Å²) in [7, 11) is 0. The van der Waals surface area contributed by atoms with Gasteiger partial charge in [0.1, 0.15) is 0 Å². The minimum absolute atomic E-state index is 0.626. The molecule has 0 aromatic heterocycles. The van der Waals surface area contributed by atoms with Crippen LogP contribution >= 0.6 is 11.6 Å². The van der Waals surface area contributed by atoms with Crippen LogP contribution in [0.2, 0.25) is 0 Å². The maximum absolute atomic E-state index is 9.95. The predicted octanol–water partition coefficient (Wildman–Crippen LogP) is 5.02. The third kappa shape index (κ3) is 14.0. The van der Waals surface area contributed by atoms with E-state index in [0.29, 0.717) is 6.42 Å². The summed E-state index contributed by atoms with van der Waals surface area (Å²) >= 11 is 5.61. The lowest BCUT2D eigenvalue weighted by molar-refractivity contribution is 0.534. The normalized spacial score (nSPS) is 10.6. The van der Waals surface area contributed by atoms with Crippen LogP contribution in [0.1, 0.15) is 77.0 Å². The Balaban J connectivity index is 2.85. The van der Waals surface area contributed by atoms with Crippen molar-refractivity contribution in [2.75, 3.05) is 5.88 Å². The first kappa shape index (κ1) is 16.0. The summed E-state index contributed by atoms with van der Waals surface area (Å²) in [6.07, 6.45) is 16.7. The molecule has 0 atom stereocenters. The van der Waals surface area contributed by atoms with Gasteiger partial charge in [-0.15, -0.1) is 11.6 Å². The number of halogens is 1. The van der Waals surface area contributed by atoms with E-state index in [-0.39, 0.29) is 0 Å². The van der Waals surface area contributed by atoms with Crippen LogP contribution in [0.4, 0.5) is 0 Å². The molecule has 1 nitrogen and oxygen atoms in total. The predicted molar refractivity (Wildman–Crippen MR) is 71.8 cm³/mol. The van der Waals surface area contributed by atoms with Gasteiger partial charge in [0.25, 0.3) is 0 Å². The molecular weight excluding hydrogens is 220 g/mol. The highest BCUT2D eigenvalue weighted by molar-refractivity contribution is 6.17. The lowest BCUT2D eigenvalue weighted by Crippen LogP contribution is -1.83. The molecular formula is C14H26ClO. The van der Waals surface area contributed by atoms with Gasteiger partial charge in [-0.2, -0.15) is 0 Å². The van der Waals surface area contributed by atoms with Crippen molar-refractivity contribution in [1.82, 2.24) is 0 Å². The Kier molecular flexibility index (Phi) is 14.9. The molecule has 0 aliphatic rings. The maximum atomic E-state index is 9.95. The van der Waals surface area contributed by atoms with Gasteiger partial charge in [0.05, 0.1) is 0 Å². The SMILES string of the molecule is O=[C]CCCCCCCCCCCCCCl. The van der Waals surface area contributed by atoms with Crippen LogP contribution in [-0.4, -0.2) is 12.2 Å². The average Bonchev–Trinajstić information content (AvgIpc) is 2.31. The van der Waals surface area contributed by atoms with Gasteiger partial charge in [0.15, 0.2) is 6.29 Å². The molecule has 0 aliphatic carbocycles. The van der Waals surface area contributed by atoms with E-state index in [4.69, 9.17) is 11.6 Å². The van der Waals surface area contributed by atoms with Gasteiger partial charge >= 0.3 is 0 Å². The number of alkyl halides is 1. The molecule has 95 valence electrons. The molecule has 0 heterocycles. The Labute approximate surface area is 106 Å². The topological polar surface area (TPSA) is 17.1 Å². The van der Waals surface area contributed by atoms with Crippen LogP contribution in [0.15, 0.2) is 0 Å². The molecule has 0 amide bonds. The number of rotatable bonds is 13. The van der Waals surface area contributed by atoms with Crippen molar-refractivity contribution in [2.45, 2.75) is 77.0 Å². The Morgan fingerprint density at radius 2 is 1.00 bits per heavy atom. The van der Waals surface area contributed by atoms with Crippen LogP contribution < -0.4 is 0 Å². The fourth-order valence-electron chi connectivity index (χ4n) is 1.88. The molecule has 0 bridgehead atoms. The molecule has 0 aromatic carbocycles.